The zero-order valence-electron chi connectivity index (χ0n) is 11.0. The number of benzene rings is 1. The molecule has 0 spiro atoms. The Hall–Kier alpha value is -1.10. The van der Waals surface area contributed by atoms with Gasteiger partial charge >= 0.3 is 0 Å². The summed E-state index contributed by atoms with van der Waals surface area (Å²) in [6.07, 6.45) is -0.105. The van der Waals surface area contributed by atoms with Crippen LogP contribution in [0.3, 0.4) is 0 Å². The second-order valence-corrected chi connectivity index (χ2v) is 5.12. The molecule has 18 heavy (non-hydrogen) atoms. The number of nitrogens with zero attached hydrogens (tertiary/aromatic N) is 1. The maximum Gasteiger partial charge on any atom is 0.0936 e. The third-order valence-corrected chi connectivity index (χ3v) is 3.28. The van der Waals surface area contributed by atoms with Crippen molar-refractivity contribution < 1.29 is 9.84 Å². The summed E-state index contributed by atoms with van der Waals surface area (Å²) in [4.78, 5) is 2.23. The summed E-state index contributed by atoms with van der Waals surface area (Å²) in [7, 11) is 0. The van der Waals surface area contributed by atoms with Crippen LogP contribution in [-0.2, 0) is 4.74 Å². The van der Waals surface area contributed by atoms with E-state index in [9.17, 15) is 5.11 Å². The quantitative estimate of drug-likeness (QED) is 0.796. The zero-order valence-corrected chi connectivity index (χ0v) is 11.0. The number of aliphatic hydroxyl groups is 1. The first-order valence-corrected chi connectivity index (χ1v) is 6.46. The van der Waals surface area contributed by atoms with Crippen molar-refractivity contribution in [2.24, 2.45) is 0 Å². The van der Waals surface area contributed by atoms with E-state index in [4.69, 9.17) is 10.5 Å². The normalized spacial score (nSPS) is 27.1. The van der Waals surface area contributed by atoms with E-state index in [1.54, 1.807) is 0 Å². The van der Waals surface area contributed by atoms with Crippen LogP contribution in [0.25, 0.3) is 0 Å². The Labute approximate surface area is 108 Å². The van der Waals surface area contributed by atoms with E-state index in [1.165, 1.54) is 0 Å². The van der Waals surface area contributed by atoms with Gasteiger partial charge in [-0.1, -0.05) is 18.2 Å². The average molecular weight is 250 g/mol. The molecular weight excluding hydrogens is 228 g/mol. The van der Waals surface area contributed by atoms with Crippen molar-refractivity contribution in [3.63, 3.8) is 0 Å². The molecule has 0 saturated carbocycles. The van der Waals surface area contributed by atoms with Gasteiger partial charge < -0.3 is 15.6 Å². The molecule has 4 nitrogen and oxygen atoms in total. The summed E-state index contributed by atoms with van der Waals surface area (Å²) in [6.45, 7) is 6.44. The Balaban J connectivity index is 1.99. The lowest BCUT2D eigenvalue weighted by atomic mass is 10.1. The highest BCUT2D eigenvalue weighted by atomic mass is 16.5. The van der Waals surface area contributed by atoms with Gasteiger partial charge in [0.2, 0.25) is 0 Å². The van der Waals surface area contributed by atoms with Crippen LogP contribution in [0.1, 0.15) is 25.5 Å². The molecule has 0 aromatic heterocycles. The van der Waals surface area contributed by atoms with Gasteiger partial charge in [0.15, 0.2) is 0 Å². The van der Waals surface area contributed by atoms with Gasteiger partial charge in [-0.3, -0.25) is 4.90 Å². The number of nitrogens with two attached hydrogens (primary N) is 1. The fourth-order valence-electron chi connectivity index (χ4n) is 2.59. The van der Waals surface area contributed by atoms with Crippen molar-refractivity contribution in [1.82, 2.24) is 4.90 Å². The van der Waals surface area contributed by atoms with Crippen molar-refractivity contribution in [3.05, 3.63) is 29.8 Å². The number of hydrogen-bond acceptors (Lipinski definition) is 4. The molecule has 3 N–H and O–H groups in total. The van der Waals surface area contributed by atoms with E-state index < -0.39 is 6.10 Å². The van der Waals surface area contributed by atoms with Crippen molar-refractivity contribution in [2.45, 2.75) is 32.2 Å². The molecular formula is C14H22N2O2. The van der Waals surface area contributed by atoms with Crippen molar-refractivity contribution >= 4 is 5.69 Å². The molecule has 0 amide bonds. The van der Waals surface area contributed by atoms with E-state index >= 15 is 0 Å². The number of morpholine rings is 1. The van der Waals surface area contributed by atoms with Crippen molar-refractivity contribution in [1.29, 1.82) is 0 Å². The molecule has 1 aromatic rings. The van der Waals surface area contributed by atoms with E-state index in [2.05, 4.69) is 18.7 Å². The van der Waals surface area contributed by atoms with E-state index in [-0.39, 0.29) is 12.2 Å². The number of nitrogen functional groups attached to an aromatic ring is 1. The number of para-hydroxylation sites is 1. The second-order valence-electron chi connectivity index (χ2n) is 5.12. The monoisotopic (exact) mass is 250 g/mol. The number of hydrogen-bond donors (Lipinski definition) is 2. The summed E-state index contributed by atoms with van der Waals surface area (Å²) in [5, 5.41) is 10.3. The molecule has 3 atom stereocenters. The Morgan fingerprint density at radius 2 is 1.94 bits per heavy atom. The Morgan fingerprint density at radius 1 is 1.33 bits per heavy atom. The largest absolute Gasteiger partial charge is 0.398 e. The highest BCUT2D eigenvalue weighted by molar-refractivity contribution is 5.47. The fourth-order valence-corrected chi connectivity index (χ4v) is 2.59. The molecule has 100 valence electrons. The lowest BCUT2D eigenvalue weighted by Gasteiger charge is -2.36. The van der Waals surface area contributed by atoms with Crippen LogP contribution in [-0.4, -0.2) is 41.8 Å². The number of anilines is 1. The highest BCUT2D eigenvalue weighted by Gasteiger charge is 2.24. The first-order chi connectivity index (χ1) is 8.56. The van der Waals surface area contributed by atoms with Crippen LogP contribution in [0.4, 0.5) is 5.69 Å². The first kappa shape index (κ1) is 13.3. The molecule has 4 heteroatoms. The predicted octanol–water partition coefficient (Wildman–Crippen LogP) is 1.41. The minimum Gasteiger partial charge on any atom is -0.398 e. The summed E-state index contributed by atoms with van der Waals surface area (Å²) in [5.41, 5.74) is 7.34. The third-order valence-electron chi connectivity index (χ3n) is 3.28. The number of ether oxygens (including phenoxy) is 1. The third kappa shape index (κ3) is 3.22. The summed E-state index contributed by atoms with van der Waals surface area (Å²) in [6, 6.07) is 7.49. The molecule has 0 aliphatic carbocycles. The smallest absolute Gasteiger partial charge is 0.0936 e. The Bertz CT molecular complexity index is 387. The van der Waals surface area contributed by atoms with Crippen LogP contribution in [0.2, 0.25) is 0 Å². The minimum atomic E-state index is -0.538. The van der Waals surface area contributed by atoms with E-state index in [0.717, 1.165) is 18.7 Å². The lowest BCUT2D eigenvalue weighted by molar-refractivity contribution is -0.0766. The van der Waals surface area contributed by atoms with Gasteiger partial charge in [-0.05, 0) is 19.9 Å². The standard InChI is InChI=1S/C14H22N2O2/c1-10-7-16(8-11(2)18-10)9-14(17)12-5-3-4-6-13(12)15/h3-6,10-11,14,17H,7-9,15H2,1-2H3. The molecule has 1 aromatic carbocycles. The molecule has 1 fully saturated rings. The molecule has 1 saturated heterocycles. The van der Waals surface area contributed by atoms with E-state index in [1.807, 2.05) is 24.3 Å². The Kier molecular flexibility index (Phi) is 4.22. The molecule has 2 rings (SSSR count). The zero-order chi connectivity index (χ0) is 13.1. The summed E-state index contributed by atoms with van der Waals surface area (Å²) < 4.78 is 5.68. The number of rotatable bonds is 3. The predicted molar refractivity (Wildman–Crippen MR) is 72.3 cm³/mol. The van der Waals surface area contributed by atoms with Gasteiger partial charge in [0.25, 0.3) is 0 Å². The highest BCUT2D eigenvalue weighted by Crippen LogP contribution is 2.22. The topological polar surface area (TPSA) is 58.7 Å². The van der Waals surface area contributed by atoms with Crippen LogP contribution >= 0.6 is 0 Å². The van der Waals surface area contributed by atoms with Gasteiger partial charge in [0, 0.05) is 30.9 Å². The minimum absolute atomic E-state index is 0.217. The van der Waals surface area contributed by atoms with Crippen LogP contribution in [0, 0.1) is 0 Å². The van der Waals surface area contributed by atoms with Gasteiger partial charge in [-0.15, -0.1) is 0 Å². The first-order valence-electron chi connectivity index (χ1n) is 6.46. The molecule has 1 heterocycles. The fraction of sp³-hybridized carbons (Fsp3) is 0.571. The van der Waals surface area contributed by atoms with Crippen LogP contribution in [0.5, 0.6) is 0 Å². The van der Waals surface area contributed by atoms with Crippen LogP contribution in [0.15, 0.2) is 24.3 Å². The maximum atomic E-state index is 10.3. The maximum absolute atomic E-state index is 10.3. The molecule has 1 aliphatic heterocycles. The van der Waals surface area contributed by atoms with Crippen molar-refractivity contribution in [2.75, 3.05) is 25.4 Å². The van der Waals surface area contributed by atoms with Crippen LogP contribution < -0.4 is 5.73 Å². The number of β-amino-alcohol motifs (C(OH)–C–C–N with tert-alkyl or cyclic N) is 1. The number of aliphatic hydroxyl groups excluding tert-OH is 1. The lowest BCUT2D eigenvalue weighted by Crippen LogP contribution is -2.46. The molecule has 3 unspecified atom stereocenters. The molecule has 0 radical (unpaired) electrons. The van der Waals surface area contributed by atoms with Crippen molar-refractivity contribution in [3.8, 4) is 0 Å². The summed E-state index contributed by atoms with van der Waals surface area (Å²) in [5.74, 6) is 0. The SMILES string of the molecule is CC1CN(CC(O)c2ccccc2N)CC(C)O1. The van der Waals surface area contributed by atoms with Gasteiger partial charge in [-0.25, -0.2) is 0 Å². The van der Waals surface area contributed by atoms with Gasteiger partial charge in [0.05, 0.1) is 18.3 Å². The molecule has 0 bridgehead atoms. The Morgan fingerprint density at radius 3 is 2.56 bits per heavy atom. The summed E-state index contributed by atoms with van der Waals surface area (Å²) >= 11 is 0. The average Bonchev–Trinajstić information content (AvgIpc) is 2.27. The van der Waals surface area contributed by atoms with E-state index in [0.29, 0.717) is 12.2 Å². The molecule has 1 aliphatic rings. The van der Waals surface area contributed by atoms with Gasteiger partial charge in [0.1, 0.15) is 0 Å². The second kappa shape index (κ2) is 5.69. The van der Waals surface area contributed by atoms with Gasteiger partial charge in [-0.2, -0.15) is 0 Å².